The molecule has 21 heavy (non-hydrogen) atoms. The van der Waals surface area contributed by atoms with Crippen molar-refractivity contribution < 1.29 is 5.11 Å². The number of halogens is 3. The Balaban J connectivity index is 2.28. The van der Waals surface area contributed by atoms with Crippen LogP contribution in [0.2, 0.25) is 0 Å². The van der Waals surface area contributed by atoms with Crippen LogP contribution in [0, 0.1) is 16.7 Å². The van der Waals surface area contributed by atoms with E-state index >= 15 is 0 Å². The first-order valence-corrected chi connectivity index (χ1v) is 8.45. The van der Waals surface area contributed by atoms with Crippen LogP contribution in [-0.4, -0.2) is 21.2 Å². The highest BCUT2D eigenvalue weighted by Crippen LogP contribution is 2.57. The first-order valence-electron chi connectivity index (χ1n) is 7.26. The summed E-state index contributed by atoms with van der Waals surface area (Å²) >= 11 is 17.5. The van der Waals surface area contributed by atoms with Crippen molar-refractivity contribution >= 4 is 39.4 Å². The molecule has 0 aromatic carbocycles. The van der Waals surface area contributed by atoms with E-state index in [1.807, 2.05) is 6.08 Å². The Kier molecular flexibility index (Phi) is 5.15. The maximum Gasteiger partial charge on any atom is 0.196 e. The zero-order chi connectivity index (χ0) is 15.8. The van der Waals surface area contributed by atoms with Crippen molar-refractivity contribution in [1.82, 2.24) is 0 Å². The molecule has 0 heterocycles. The Hall–Kier alpha value is -0.0200. The number of nitrogens with zero attached hydrogens (tertiary/aromatic N) is 1. The highest BCUT2D eigenvalue weighted by Gasteiger charge is 2.54. The van der Waals surface area contributed by atoms with Crippen molar-refractivity contribution in [1.29, 1.82) is 0 Å². The van der Waals surface area contributed by atoms with Gasteiger partial charge in [-0.1, -0.05) is 26.8 Å². The first-order chi connectivity index (χ1) is 9.67. The quantitative estimate of drug-likeness (QED) is 0.547. The molecular formula is C16H22Cl3NO. The summed E-state index contributed by atoms with van der Waals surface area (Å²) < 4.78 is 0.00551. The minimum absolute atomic E-state index is 0.00551. The molecule has 0 radical (unpaired) electrons. The molecule has 0 bridgehead atoms. The molecule has 5 heteroatoms. The SMILES string of the molecule is CC1(C)[C@H]2CCC(/C=C\N=C(Cl)Cl)=C[C@@]2(C)C[C@H](O)[C@@H]1Cl. The van der Waals surface area contributed by atoms with Crippen LogP contribution in [0.25, 0.3) is 0 Å². The van der Waals surface area contributed by atoms with Crippen molar-refractivity contribution in [2.45, 2.75) is 51.5 Å². The molecule has 0 unspecified atom stereocenters. The van der Waals surface area contributed by atoms with Crippen molar-refractivity contribution in [2.75, 3.05) is 0 Å². The molecule has 1 fully saturated rings. The Morgan fingerprint density at radius 3 is 2.67 bits per heavy atom. The lowest BCUT2D eigenvalue weighted by molar-refractivity contribution is -0.0477. The van der Waals surface area contributed by atoms with E-state index in [4.69, 9.17) is 34.8 Å². The fourth-order valence-electron chi connectivity index (χ4n) is 4.22. The number of hydrogen-bond donors (Lipinski definition) is 1. The number of aliphatic hydroxyl groups is 1. The van der Waals surface area contributed by atoms with Crippen LogP contribution in [0.4, 0.5) is 0 Å². The number of hydrogen-bond acceptors (Lipinski definition) is 2. The Bertz CT molecular complexity index is 494. The summed E-state index contributed by atoms with van der Waals surface area (Å²) in [5.41, 5.74) is 1.08. The number of alkyl halides is 1. The molecule has 118 valence electrons. The van der Waals surface area contributed by atoms with Crippen LogP contribution >= 0.6 is 34.8 Å². The second kappa shape index (κ2) is 6.23. The van der Waals surface area contributed by atoms with Gasteiger partial charge in [-0.15, -0.1) is 11.6 Å². The molecule has 4 atom stereocenters. The van der Waals surface area contributed by atoms with Crippen LogP contribution in [0.5, 0.6) is 0 Å². The zero-order valence-corrected chi connectivity index (χ0v) is 14.9. The second-order valence-corrected chi connectivity index (χ2v) is 8.38. The van der Waals surface area contributed by atoms with E-state index in [0.717, 1.165) is 12.8 Å². The minimum atomic E-state index is -0.474. The van der Waals surface area contributed by atoms with Crippen molar-refractivity contribution in [3.63, 3.8) is 0 Å². The van der Waals surface area contributed by atoms with Gasteiger partial charge in [0.2, 0.25) is 0 Å². The van der Waals surface area contributed by atoms with E-state index in [0.29, 0.717) is 12.3 Å². The third-order valence-electron chi connectivity index (χ3n) is 5.09. The van der Waals surface area contributed by atoms with Crippen LogP contribution in [-0.2, 0) is 0 Å². The molecule has 0 aromatic heterocycles. The van der Waals surface area contributed by atoms with Gasteiger partial charge in [-0.2, -0.15) is 0 Å². The van der Waals surface area contributed by atoms with E-state index in [1.165, 1.54) is 5.57 Å². The smallest absolute Gasteiger partial charge is 0.196 e. The average Bonchev–Trinajstić information content (AvgIpc) is 2.35. The van der Waals surface area contributed by atoms with Gasteiger partial charge in [0.15, 0.2) is 4.63 Å². The Morgan fingerprint density at radius 2 is 2.05 bits per heavy atom. The number of allylic oxidation sites excluding steroid dienone is 3. The summed E-state index contributed by atoms with van der Waals surface area (Å²) in [5.74, 6) is 0.466. The molecule has 0 spiro atoms. The van der Waals surface area contributed by atoms with E-state index < -0.39 is 6.10 Å². The number of aliphatic hydroxyl groups excluding tert-OH is 1. The lowest BCUT2D eigenvalue weighted by Crippen LogP contribution is -2.54. The summed E-state index contributed by atoms with van der Waals surface area (Å²) in [4.78, 5) is 3.86. The van der Waals surface area contributed by atoms with Crippen molar-refractivity contribution in [2.24, 2.45) is 21.7 Å². The molecule has 0 aromatic rings. The molecule has 2 nitrogen and oxygen atoms in total. The largest absolute Gasteiger partial charge is 0.392 e. The molecule has 1 saturated carbocycles. The minimum Gasteiger partial charge on any atom is -0.392 e. The summed E-state index contributed by atoms with van der Waals surface area (Å²) in [6.07, 6.45) is 8.11. The van der Waals surface area contributed by atoms with Crippen LogP contribution < -0.4 is 0 Å². The topological polar surface area (TPSA) is 32.6 Å². The molecular weight excluding hydrogens is 329 g/mol. The first kappa shape index (κ1) is 17.3. The van der Waals surface area contributed by atoms with Crippen LogP contribution in [0.3, 0.4) is 0 Å². The fourth-order valence-corrected chi connectivity index (χ4v) is 4.58. The summed E-state index contributed by atoms with van der Waals surface area (Å²) in [7, 11) is 0. The van der Waals surface area contributed by atoms with Gasteiger partial charge >= 0.3 is 0 Å². The maximum absolute atomic E-state index is 10.3. The molecule has 2 rings (SSSR count). The van der Waals surface area contributed by atoms with E-state index in [1.54, 1.807) is 6.20 Å². The second-order valence-electron chi connectivity index (χ2n) is 7.00. The van der Waals surface area contributed by atoms with E-state index in [2.05, 4.69) is 31.8 Å². The monoisotopic (exact) mass is 349 g/mol. The third-order valence-corrected chi connectivity index (χ3v) is 6.14. The van der Waals surface area contributed by atoms with Gasteiger partial charge in [0, 0.05) is 6.20 Å². The van der Waals surface area contributed by atoms with Gasteiger partial charge < -0.3 is 5.11 Å². The van der Waals surface area contributed by atoms with Gasteiger partial charge in [0.1, 0.15) is 0 Å². The van der Waals surface area contributed by atoms with E-state index in [9.17, 15) is 5.11 Å². The Morgan fingerprint density at radius 1 is 1.38 bits per heavy atom. The summed E-state index contributed by atoms with van der Waals surface area (Å²) in [6.45, 7) is 6.56. The van der Waals surface area contributed by atoms with Gasteiger partial charge in [-0.25, -0.2) is 4.99 Å². The molecule has 0 amide bonds. The van der Waals surface area contributed by atoms with Crippen LogP contribution in [0.1, 0.15) is 40.0 Å². The van der Waals surface area contributed by atoms with Crippen molar-refractivity contribution in [3.8, 4) is 0 Å². The maximum atomic E-state index is 10.3. The zero-order valence-electron chi connectivity index (χ0n) is 12.6. The molecule has 0 saturated heterocycles. The van der Waals surface area contributed by atoms with Crippen LogP contribution in [0.15, 0.2) is 28.9 Å². The lowest BCUT2D eigenvalue weighted by Gasteiger charge is -2.55. The fraction of sp³-hybridized carbons (Fsp3) is 0.688. The number of rotatable bonds is 2. The van der Waals surface area contributed by atoms with Gasteiger partial charge in [-0.3, -0.25) is 0 Å². The van der Waals surface area contributed by atoms with E-state index in [-0.39, 0.29) is 20.8 Å². The molecule has 0 aliphatic heterocycles. The summed E-state index contributed by atoms with van der Waals surface area (Å²) in [5, 5.41) is 10.1. The predicted molar refractivity (Wildman–Crippen MR) is 91.2 cm³/mol. The van der Waals surface area contributed by atoms with Gasteiger partial charge in [0.25, 0.3) is 0 Å². The lowest BCUT2D eigenvalue weighted by atomic mass is 9.52. The summed E-state index contributed by atoms with van der Waals surface area (Å²) in [6, 6.07) is 0. The Labute approximate surface area is 141 Å². The highest BCUT2D eigenvalue weighted by atomic mass is 35.5. The van der Waals surface area contributed by atoms with Gasteiger partial charge in [0.05, 0.1) is 11.5 Å². The van der Waals surface area contributed by atoms with Crippen molar-refractivity contribution in [3.05, 3.63) is 23.9 Å². The predicted octanol–water partition coefficient (Wildman–Crippen LogP) is 5.07. The highest BCUT2D eigenvalue weighted by molar-refractivity contribution is 6.95. The molecule has 1 N–H and O–H groups in total. The normalized spacial score (nSPS) is 38.8. The van der Waals surface area contributed by atoms with Gasteiger partial charge in [-0.05, 0) is 70.9 Å². The average molecular weight is 351 g/mol. The number of fused-ring (bicyclic) bond motifs is 1. The third kappa shape index (κ3) is 3.50. The standard InChI is InChI=1S/C16H22Cl3NO/c1-15(2)12-5-4-10(6-7-20-14(18)19)8-16(12,3)9-11(21)13(15)17/h6-8,11-13,21H,4-5,9H2,1-3H3/b7-6-/t11-,12+,13-,16-/m0/s1. The molecule has 2 aliphatic rings. The molecule has 2 aliphatic carbocycles. The number of aliphatic imine (C=N–C) groups is 1.